The van der Waals surface area contributed by atoms with Crippen LogP contribution in [-0.4, -0.2) is 9.97 Å². The Labute approximate surface area is 168 Å². The molecule has 6 heteroatoms. The second kappa shape index (κ2) is 7.04. The average Bonchev–Trinajstić information content (AvgIpc) is 3.25. The summed E-state index contributed by atoms with van der Waals surface area (Å²) in [5.74, 6) is -0.452. The van der Waals surface area contributed by atoms with Crippen LogP contribution in [0.25, 0.3) is 20.4 Å². The third kappa shape index (κ3) is 3.53. The first kappa shape index (κ1) is 17.4. The van der Waals surface area contributed by atoms with Crippen LogP contribution >= 0.6 is 22.7 Å². The van der Waals surface area contributed by atoms with Gasteiger partial charge in [-0.05, 0) is 47.5 Å². The van der Waals surface area contributed by atoms with Crippen LogP contribution in [0.3, 0.4) is 0 Å². The fourth-order valence-corrected chi connectivity index (χ4v) is 5.18. The summed E-state index contributed by atoms with van der Waals surface area (Å²) in [5, 5.41) is 2.01. The minimum Gasteiger partial charge on any atom is -0.241 e. The molecule has 0 fully saturated rings. The van der Waals surface area contributed by atoms with Gasteiger partial charge in [0.2, 0.25) is 0 Å². The standard InChI is InChI=1S/C22H14F2N2S2/c23-15-5-1-13(2-6-15)9-21-25-17-11-20-18(12-19(17)27-21)26-22(28-20)10-14-3-7-16(24)8-4-14/h1-8,11-12H,9-10H2. The van der Waals surface area contributed by atoms with Crippen LogP contribution in [0.15, 0.2) is 60.7 Å². The van der Waals surface area contributed by atoms with Crippen molar-refractivity contribution in [2.75, 3.05) is 0 Å². The Kier molecular flexibility index (Phi) is 4.37. The third-order valence-corrected chi connectivity index (χ3v) is 6.56. The zero-order valence-electron chi connectivity index (χ0n) is 14.7. The van der Waals surface area contributed by atoms with E-state index in [1.54, 1.807) is 46.9 Å². The minimum atomic E-state index is -0.226. The molecule has 5 aromatic rings. The summed E-state index contributed by atoms with van der Waals surface area (Å²) in [7, 11) is 0. The number of thiazole rings is 2. The van der Waals surface area contributed by atoms with E-state index >= 15 is 0 Å². The molecule has 0 aliphatic carbocycles. The van der Waals surface area contributed by atoms with E-state index in [9.17, 15) is 8.78 Å². The molecule has 28 heavy (non-hydrogen) atoms. The SMILES string of the molecule is Fc1ccc(Cc2nc3cc4sc(Cc5ccc(F)cc5)nc4cc3s2)cc1. The number of fused-ring (bicyclic) bond motifs is 2. The van der Waals surface area contributed by atoms with Gasteiger partial charge in [-0.2, -0.15) is 0 Å². The number of rotatable bonds is 4. The Hall–Kier alpha value is -2.70. The molecule has 2 nitrogen and oxygen atoms in total. The summed E-state index contributed by atoms with van der Waals surface area (Å²) >= 11 is 3.29. The summed E-state index contributed by atoms with van der Waals surface area (Å²) in [6.07, 6.45) is 1.38. The van der Waals surface area contributed by atoms with Crippen LogP contribution in [0.4, 0.5) is 8.78 Å². The van der Waals surface area contributed by atoms with Crippen molar-refractivity contribution in [3.05, 3.63) is 93.4 Å². The first-order valence-electron chi connectivity index (χ1n) is 8.80. The van der Waals surface area contributed by atoms with E-state index in [1.807, 2.05) is 0 Å². The molecule has 0 aliphatic heterocycles. The van der Waals surface area contributed by atoms with Crippen molar-refractivity contribution in [2.45, 2.75) is 12.8 Å². The maximum absolute atomic E-state index is 13.1. The van der Waals surface area contributed by atoms with E-state index in [0.717, 1.165) is 41.6 Å². The molecule has 0 radical (unpaired) electrons. The molecule has 0 spiro atoms. The highest BCUT2D eigenvalue weighted by atomic mass is 32.1. The lowest BCUT2D eigenvalue weighted by Gasteiger charge is -1.96. The lowest BCUT2D eigenvalue weighted by atomic mass is 10.1. The Bertz CT molecular complexity index is 1120. The second-order valence-electron chi connectivity index (χ2n) is 6.61. The van der Waals surface area contributed by atoms with E-state index in [-0.39, 0.29) is 11.6 Å². The average molecular weight is 408 g/mol. The van der Waals surface area contributed by atoms with E-state index in [4.69, 9.17) is 9.97 Å². The molecule has 0 aliphatic rings. The summed E-state index contributed by atoms with van der Waals surface area (Å²) in [5.41, 5.74) is 4.02. The predicted octanol–water partition coefficient (Wildman–Crippen LogP) is 6.37. The number of aromatic nitrogens is 2. The van der Waals surface area contributed by atoms with Crippen molar-refractivity contribution in [3.8, 4) is 0 Å². The highest BCUT2D eigenvalue weighted by molar-refractivity contribution is 7.20. The molecule has 0 amide bonds. The Morgan fingerprint density at radius 3 is 1.39 bits per heavy atom. The molecule has 2 heterocycles. The number of benzene rings is 3. The topological polar surface area (TPSA) is 25.8 Å². The Morgan fingerprint density at radius 2 is 1.00 bits per heavy atom. The highest BCUT2D eigenvalue weighted by Gasteiger charge is 2.11. The largest absolute Gasteiger partial charge is 0.241 e. The van der Waals surface area contributed by atoms with Crippen LogP contribution in [0.5, 0.6) is 0 Å². The summed E-state index contributed by atoms with van der Waals surface area (Å²) < 4.78 is 28.3. The molecule has 3 aromatic carbocycles. The molecule has 0 atom stereocenters. The third-order valence-electron chi connectivity index (χ3n) is 4.52. The maximum Gasteiger partial charge on any atom is 0.123 e. The number of halogens is 2. The van der Waals surface area contributed by atoms with Gasteiger partial charge >= 0.3 is 0 Å². The van der Waals surface area contributed by atoms with Crippen LogP contribution < -0.4 is 0 Å². The van der Waals surface area contributed by atoms with Crippen molar-refractivity contribution in [2.24, 2.45) is 0 Å². The first-order valence-corrected chi connectivity index (χ1v) is 10.4. The van der Waals surface area contributed by atoms with E-state index in [2.05, 4.69) is 12.1 Å². The molecule has 0 saturated heterocycles. The van der Waals surface area contributed by atoms with Gasteiger partial charge in [-0.1, -0.05) is 24.3 Å². The lowest BCUT2D eigenvalue weighted by molar-refractivity contribution is 0.627. The molecular weight excluding hydrogens is 394 g/mol. The number of hydrogen-bond donors (Lipinski definition) is 0. The van der Waals surface area contributed by atoms with Gasteiger partial charge in [0.05, 0.1) is 30.4 Å². The molecule has 0 bridgehead atoms. The van der Waals surface area contributed by atoms with Crippen molar-refractivity contribution in [1.29, 1.82) is 0 Å². The Balaban J connectivity index is 1.43. The lowest BCUT2D eigenvalue weighted by Crippen LogP contribution is -1.86. The van der Waals surface area contributed by atoms with Crippen LogP contribution in [0.1, 0.15) is 21.1 Å². The highest BCUT2D eigenvalue weighted by Crippen LogP contribution is 2.32. The molecule has 0 unspecified atom stereocenters. The molecule has 2 aromatic heterocycles. The molecule has 0 saturated carbocycles. The van der Waals surface area contributed by atoms with Crippen LogP contribution in [-0.2, 0) is 12.8 Å². The van der Waals surface area contributed by atoms with Crippen LogP contribution in [0, 0.1) is 11.6 Å². The van der Waals surface area contributed by atoms with Gasteiger partial charge < -0.3 is 0 Å². The summed E-state index contributed by atoms with van der Waals surface area (Å²) in [6.45, 7) is 0. The van der Waals surface area contributed by atoms with Gasteiger partial charge in [-0.3, -0.25) is 0 Å². The monoisotopic (exact) mass is 408 g/mol. The molecular formula is C22H14F2N2S2. The normalized spacial score (nSPS) is 11.5. The summed E-state index contributed by atoms with van der Waals surface area (Å²) in [6, 6.07) is 17.3. The van der Waals surface area contributed by atoms with Gasteiger partial charge in [-0.15, -0.1) is 22.7 Å². The number of nitrogens with zero attached hydrogens (tertiary/aromatic N) is 2. The molecule has 138 valence electrons. The van der Waals surface area contributed by atoms with Gasteiger partial charge in [0.15, 0.2) is 0 Å². The van der Waals surface area contributed by atoms with E-state index in [0.29, 0.717) is 12.8 Å². The number of hydrogen-bond acceptors (Lipinski definition) is 4. The fourth-order valence-electron chi connectivity index (χ4n) is 3.15. The van der Waals surface area contributed by atoms with E-state index in [1.165, 1.54) is 24.3 Å². The van der Waals surface area contributed by atoms with E-state index < -0.39 is 0 Å². The van der Waals surface area contributed by atoms with Gasteiger partial charge in [0.25, 0.3) is 0 Å². The minimum absolute atomic E-state index is 0.226. The van der Waals surface area contributed by atoms with Crippen molar-refractivity contribution in [1.82, 2.24) is 9.97 Å². The zero-order valence-corrected chi connectivity index (χ0v) is 16.3. The van der Waals surface area contributed by atoms with Crippen molar-refractivity contribution in [3.63, 3.8) is 0 Å². The summed E-state index contributed by atoms with van der Waals surface area (Å²) in [4.78, 5) is 9.49. The fraction of sp³-hybridized carbons (Fsp3) is 0.0909. The molecule has 0 N–H and O–H groups in total. The van der Waals surface area contributed by atoms with Gasteiger partial charge in [-0.25, -0.2) is 18.7 Å². The molecule has 5 rings (SSSR count). The second-order valence-corrected chi connectivity index (χ2v) is 8.84. The zero-order chi connectivity index (χ0) is 19.1. The van der Waals surface area contributed by atoms with Crippen molar-refractivity contribution >= 4 is 43.1 Å². The first-order chi connectivity index (χ1) is 13.6. The van der Waals surface area contributed by atoms with Crippen molar-refractivity contribution < 1.29 is 8.78 Å². The van der Waals surface area contributed by atoms with Crippen LogP contribution in [0.2, 0.25) is 0 Å². The Morgan fingerprint density at radius 1 is 0.607 bits per heavy atom. The smallest absolute Gasteiger partial charge is 0.123 e. The maximum atomic E-state index is 13.1. The van der Waals surface area contributed by atoms with Gasteiger partial charge in [0, 0.05) is 12.8 Å². The quantitative estimate of drug-likeness (QED) is 0.345. The van der Waals surface area contributed by atoms with Gasteiger partial charge in [0.1, 0.15) is 11.6 Å². The predicted molar refractivity (Wildman–Crippen MR) is 111 cm³/mol.